The standard InChI is InChI=1S/C19H25N3O3/c1-13-6-3-7-15-18(13)20-12-22(19(15)24)10-4-9-17(23)21-14(2)16-8-5-11-25-16/h3,6-7,12,14,16H,4-5,8-11H2,1-2H3,(H,21,23)/t14-,16+/m0/s1. The van der Waals surface area contributed by atoms with Crippen molar-refractivity contribution in [2.24, 2.45) is 0 Å². The number of aromatic nitrogens is 2. The average Bonchev–Trinajstić information content (AvgIpc) is 3.12. The van der Waals surface area contributed by atoms with Gasteiger partial charge in [0.05, 0.1) is 29.4 Å². The summed E-state index contributed by atoms with van der Waals surface area (Å²) in [5, 5.41) is 3.62. The van der Waals surface area contributed by atoms with Crippen molar-refractivity contribution in [3.8, 4) is 0 Å². The summed E-state index contributed by atoms with van der Waals surface area (Å²) in [6.45, 7) is 5.19. The number of benzene rings is 1. The lowest BCUT2D eigenvalue weighted by molar-refractivity contribution is -0.122. The first-order valence-electron chi connectivity index (χ1n) is 8.92. The number of hydrogen-bond donors (Lipinski definition) is 1. The van der Waals surface area contributed by atoms with Crippen molar-refractivity contribution in [2.75, 3.05) is 6.61 Å². The predicted octanol–water partition coefficient (Wildman–Crippen LogP) is 2.17. The lowest BCUT2D eigenvalue weighted by Gasteiger charge is -2.20. The minimum atomic E-state index is -0.0539. The van der Waals surface area contributed by atoms with Crippen LogP contribution >= 0.6 is 0 Å². The first-order chi connectivity index (χ1) is 12.1. The second kappa shape index (κ2) is 7.78. The number of carbonyl (C=O) groups excluding carboxylic acids is 1. The van der Waals surface area contributed by atoms with Crippen LogP contribution < -0.4 is 10.9 Å². The molecular weight excluding hydrogens is 318 g/mol. The smallest absolute Gasteiger partial charge is 0.261 e. The van der Waals surface area contributed by atoms with Crippen LogP contribution in [0.4, 0.5) is 0 Å². The molecule has 0 radical (unpaired) electrons. The number of carbonyl (C=O) groups is 1. The van der Waals surface area contributed by atoms with E-state index in [0.29, 0.717) is 24.8 Å². The van der Waals surface area contributed by atoms with Gasteiger partial charge in [0.25, 0.3) is 5.56 Å². The molecule has 134 valence electrons. The third-order valence-corrected chi connectivity index (χ3v) is 4.77. The molecule has 6 heteroatoms. The van der Waals surface area contributed by atoms with Crippen LogP contribution in [0.3, 0.4) is 0 Å². The minimum absolute atomic E-state index is 0.000594. The molecule has 1 aliphatic heterocycles. The van der Waals surface area contributed by atoms with E-state index in [-0.39, 0.29) is 23.6 Å². The number of ether oxygens (including phenoxy) is 1. The zero-order valence-electron chi connectivity index (χ0n) is 14.8. The van der Waals surface area contributed by atoms with Crippen LogP contribution in [0.25, 0.3) is 10.9 Å². The summed E-state index contributed by atoms with van der Waals surface area (Å²) < 4.78 is 7.17. The number of nitrogens with zero attached hydrogens (tertiary/aromatic N) is 2. The van der Waals surface area contributed by atoms with Crippen molar-refractivity contribution in [3.05, 3.63) is 40.4 Å². The van der Waals surface area contributed by atoms with Gasteiger partial charge in [-0.15, -0.1) is 0 Å². The number of aryl methyl sites for hydroxylation is 2. The van der Waals surface area contributed by atoms with Crippen LogP contribution in [0.5, 0.6) is 0 Å². The highest BCUT2D eigenvalue weighted by atomic mass is 16.5. The summed E-state index contributed by atoms with van der Waals surface area (Å²) >= 11 is 0. The lowest BCUT2D eigenvalue weighted by Crippen LogP contribution is -2.40. The molecule has 0 aliphatic carbocycles. The van der Waals surface area contributed by atoms with E-state index in [9.17, 15) is 9.59 Å². The fourth-order valence-corrected chi connectivity index (χ4v) is 3.32. The van der Waals surface area contributed by atoms with E-state index in [0.717, 1.165) is 30.5 Å². The molecule has 0 bridgehead atoms. The third kappa shape index (κ3) is 4.07. The molecule has 2 atom stereocenters. The normalized spacial score (nSPS) is 18.4. The Morgan fingerprint density at radius 3 is 3.08 bits per heavy atom. The van der Waals surface area contributed by atoms with Crippen LogP contribution in [0, 0.1) is 6.92 Å². The van der Waals surface area contributed by atoms with E-state index in [2.05, 4.69) is 10.3 Å². The first-order valence-corrected chi connectivity index (χ1v) is 8.92. The molecule has 2 aromatic rings. The summed E-state index contributed by atoms with van der Waals surface area (Å²) in [7, 11) is 0. The Kier molecular flexibility index (Phi) is 5.48. The molecule has 1 aromatic heterocycles. The van der Waals surface area contributed by atoms with Gasteiger partial charge in [0.15, 0.2) is 0 Å². The molecule has 1 saturated heterocycles. The molecule has 25 heavy (non-hydrogen) atoms. The zero-order chi connectivity index (χ0) is 17.8. The largest absolute Gasteiger partial charge is 0.376 e. The van der Waals surface area contributed by atoms with Gasteiger partial charge in [-0.1, -0.05) is 12.1 Å². The highest BCUT2D eigenvalue weighted by molar-refractivity contribution is 5.80. The minimum Gasteiger partial charge on any atom is -0.376 e. The molecule has 6 nitrogen and oxygen atoms in total. The van der Waals surface area contributed by atoms with Gasteiger partial charge in [-0.25, -0.2) is 4.98 Å². The summed E-state index contributed by atoms with van der Waals surface area (Å²) in [6, 6.07) is 5.64. The molecule has 0 spiro atoms. The van der Waals surface area contributed by atoms with E-state index in [1.54, 1.807) is 17.0 Å². The van der Waals surface area contributed by atoms with Crippen molar-refractivity contribution in [1.82, 2.24) is 14.9 Å². The van der Waals surface area contributed by atoms with Gasteiger partial charge in [-0.05, 0) is 44.7 Å². The number of amides is 1. The molecule has 0 saturated carbocycles. The highest BCUT2D eigenvalue weighted by Gasteiger charge is 2.23. The lowest BCUT2D eigenvalue weighted by atomic mass is 10.1. The maximum absolute atomic E-state index is 12.5. The van der Waals surface area contributed by atoms with Crippen molar-refractivity contribution in [1.29, 1.82) is 0 Å². The summed E-state index contributed by atoms with van der Waals surface area (Å²) in [5.74, 6) is 0.000594. The summed E-state index contributed by atoms with van der Waals surface area (Å²) in [5.41, 5.74) is 1.68. The van der Waals surface area contributed by atoms with Gasteiger partial charge in [0, 0.05) is 19.6 Å². The van der Waals surface area contributed by atoms with Crippen molar-refractivity contribution in [3.63, 3.8) is 0 Å². The van der Waals surface area contributed by atoms with Crippen LogP contribution in [0.1, 0.15) is 38.2 Å². The summed E-state index contributed by atoms with van der Waals surface area (Å²) in [6.07, 6.45) is 4.74. The molecule has 1 fully saturated rings. The number of nitrogens with one attached hydrogen (secondary N) is 1. The SMILES string of the molecule is Cc1cccc2c(=O)n(CCCC(=O)N[C@@H](C)[C@H]3CCCO3)cnc12. The van der Waals surface area contributed by atoms with E-state index >= 15 is 0 Å². The van der Waals surface area contributed by atoms with Crippen molar-refractivity contribution < 1.29 is 9.53 Å². The molecule has 0 unspecified atom stereocenters. The van der Waals surface area contributed by atoms with Crippen LogP contribution in [-0.2, 0) is 16.1 Å². The number of hydrogen-bond acceptors (Lipinski definition) is 4. The Bertz CT molecular complexity index is 809. The number of para-hydroxylation sites is 1. The Morgan fingerprint density at radius 1 is 1.48 bits per heavy atom. The maximum atomic E-state index is 12.5. The number of rotatable bonds is 6. The predicted molar refractivity (Wildman–Crippen MR) is 96.6 cm³/mol. The Morgan fingerprint density at radius 2 is 2.32 bits per heavy atom. The monoisotopic (exact) mass is 343 g/mol. The van der Waals surface area contributed by atoms with Gasteiger partial charge >= 0.3 is 0 Å². The quantitative estimate of drug-likeness (QED) is 0.872. The fourth-order valence-electron chi connectivity index (χ4n) is 3.32. The van der Waals surface area contributed by atoms with E-state index in [4.69, 9.17) is 4.74 Å². The zero-order valence-corrected chi connectivity index (χ0v) is 14.8. The third-order valence-electron chi connectivity index (χ3n) is 4.77. The molecule has 1 aliphatic rings. The molecular formula is C19H25N3O3. The Labute approximate surface area is 147 Å². The molecule has 2 heterocycles. The van der Waals surface area contributed by atoms with E-state index < -0.39 is 0 Å². The van der Waals surface area contributed by atoms with E-state index in [1.165, 1.54) is 0 Å². The van der Waals surface area contributed by atoms with Gasteiger partial charge in [-0.3, -0.25) is 14.2 Å². The van der Waals surface area contributed by atoms with Gasteiger partial charge in [-0.2, -0.15) is 0 Å². The van der Waals surface area contributed by atoms with Crippen LogP contribution in [0.15, 0.2) is 29.3 Å². The van der Waals surface area contributed by atoms with Gasteiger partial charge in [0.2, 0.25) is 5.91 Å². The summed E-state index contributed by atoms with van der Waals surface area (Å²) in [4.78, 5) is 29.0. The van der Waals surface area contributed by atoms with E-state index in [1.807, 2.05) is 26.0 Å². The molecule has 1 N–H and O–H groups in total. The fraction of sp³-hybridized carbons (Fsp3) is 0.526. The van der Waals surface area contributed by atoms with Crippen LogP contribution in [0.2, 0.25) is 0 Å². The number of fused-ring (bicyclic) bond motifs is 1. The maximum Gasteiger partial charge on any atom is 0.261 e. The second-order valence-electron chi connectivity index (χ2n) is 6.73. The average molecular weight is 343 g/mol. The van der Waals surface area contributed by atoms with Crippen molar-refractivity contribution in [2.45, 2.75) is 58.2 Å². The van der Waals surface area contributed by atoms with Crippen molar-refractivity contribution >= 4 is 16.8 Å². The molecule has 1 aromatic carbocycles. The van der Waals surface area contributed by atoms with Gasteiger partial charge < -0.3 is 10.1 Å². The van der Waals surface area contributed by atoms with Gasteiger partial charge in [0.1, 0.15) is 0 Å². The second-order valence-corrected chi connectivity index (χ2v) is 6.73. The van der Waals surface area contributed by atoms with Crippen LogP contribution in [-0.4, -0.2) is 34.2 Å². The Balaban J connectivity index is 1.55. The molecule has 3 rings (SSSR count). The highest BCUT2D eigenvalue weighted by Crippen LogP contribution is 2.15. The Hall–Kier alpha value is -2.21. The molecule has 1 amide bonds. The topological polar surface area (TPSA) is 73.2 Å². The first kappa shape index (κ1) is 17.6.